The van der Waals surface area contributed by atoms with Crippen LogP contribution in [0.25, 0.3) is 0 Å². The van der Waals surface area contributed by atoms with Gasteiger partial charge in [-0.15, -0.1) is 0 Å². The van der Waals surface area contributed by atoms with Gasteiger partial charge in [0.2, 0.25) is 0 Å². The summed E-state index contributed by atoms with van der Waals surface area (Å²) in [6.45, 7) is 0. The van der Waals surface area contributed by atoms with Gasteiger partial charge in [0.05, 0.1) is 0 Å². The minimum Gasteiger partial charge on any atom is -0.507 e. The molecule has 1 N–H and O–H groups in total. The maximum atomic E-state index is 13.9. The van der Waals surface area contributed by atoms with Gasteiger partial charge < -0.3 is 9.63 Å². The molecule has 50 heavy (non-hydrogen) atoms. The van der Waals surface area contributed by atoms with E-state index >= 15 is 0 Å². The molecule has 6 heteroatoms. The zero-order chi connectivity index (χ0) is 32.9. The highest BCUT2D eigenvalue weighted by molar-refractivity contribution is 7.48. The number of allylic oxidation sites excluding steroid dienone is 6. The Hall–Kier alpha value is -3.81. The Kier molecular flexibility index (Phi) is 5.00. The van der Waals surface area contributed by atoms with Crippen molar-refractivity contribution >= 4 is 7.82 Å². The number of hydrogen-bond acceptors (Lipinski definition) is 5. The highest BCUT2D eigenvalue weighted by atomic mass is 31.2. The number of hydrogen-bond donors (Lipinski definition) is 1. The number of phosphoric acid groups is 1. The molecule has 0 aliphatic heterocycles. The molecule has 6 bridgehead atoms. The lowest BCUT2D eigenvalue weighted by Gasteiger charge is -2.38. The average molecular weight is 677 g/mol. The molecule has 248 valence electrons. The summed E-state index contributed by atoms with van der Waals surface area (Å²) >= 11 is 0. The summed E-state index contributed by atoms with van der Waals surface area (Å²) in [7, 11) is -1.10. The van der Waals surface area contributed by atoms with Crippen LogP contribution in [0.15, 0.2) is 70.7 Å². The smallest absolute Gasteiger partial charge is 0.507 e. The maximum absolute atomic E-state index is 13.9. The van der Waals surface area contributed by atoms with Crippen molar-refractivity contribution in [3.8, 4) is 11.5 Å². The van der Waals surface area contributed by atoms with Crippen LogP contribution in [0.2, 0.25) is 0 Å². The van der Waals surface area contributed by atoms with Crippen LogP contribution in [0.4, 0.5) is 0 Å². The van der Waals surface area contributed by atoms with Gasteiger partial charge in [0.15, 0.2) is 0 Å². The third-order valence-electron chi connectivity index (χ3n) is 15.1. The van der Waals surface area contributed by atoms with Crippen LogP contribution < -0.4 is 4.52 Å². The predicted molar refractivity (Wildman–Crippen MR) is 189 cm³/mol. The molecule has 9 atom stereocenters. The summed E-state index contributed by atoms with van der Waals surface area (Å²) in [5.74, 6) is 4.20. The monoisotopic (exact) mass is 676 g/mol. The predicted octanol–water partition coefficient (Wildman–Crippen LogP) is 10.2. The third-order valence-corrected chi connectivity index (χ3v) is 16.4. The Morgan fingerprint density at radius 1 is 0.680 bits per heavy atom. The molecule has 13 rings (SSSR count). The number of phenols is 1. The van der Waals surface area contributed by atoms with E-state index in [1.54, 1.807) is 11.1 Å². The minimum absolute atomic E-state index is 0.0581. The van der Waals surface area contributed by atoms with Crippen molar-refractivity contribution in [3.63, 3.8) is 0 Å². The lowest BCUT2D eigenvalue weighted by atomic mass is 9.66. The summed E-state index contributed by atoms with van der Waals surface area (Å²) in [4.78, 5) is 0. The minimum atomic E-state index is -3.89. The molecule has 0 saturated heterocycles. The summed E-state index contributed by atoms with van der Waals surface area (Å²) < 4.78 is 31.3. The zero-order valence-corrected chi connectivity index (χ0v) is 29.1. The number of phenolic OH excluding ortho intramolecular Hbond substituents is 1. The molecule has 1 saturated carbocycles. The van der Waals surface area contributed by atoms with Crippen molar-refractivity contribution < 1.29 is 23.2 Å². The number of rotatable bonds is 4. The van der Waals surface area contributed by atoms with E-state index in [1.807, 2.05) is 0 Å². The zero-order valence-electron chi connectivity index (χ0n) is 28.2. The Morgan fingerprint density at radius 2 is 1.20 bits per heavy atom. The van der Waals surface area contributed by atoms with E-state index in [4.69, 9.17) is 13.6 Å². The molecule has 0 radical (unpaired) electrons. The van der Waals surface area contributed by atoms with Gasteiger partial charge in [0.25, 0.3) is 0 Å². The van der Waals surface area contributed by atoms with Crippen LogP contribution in [-0.2, 0) is 13.6 Å². The number of aromatic hydroxyl groups is 1. The van der Waals surface area contributed by atoms with Gasteiger partial charge in [-0.3, -0.25) is 9.05 Å². The molecule has 1 fully saturated rings. The van der Waals surface area contributed by atoms with Gasteiger partial charge in [-0.05, 0) is 125 Å². The third kappa shape index (κ3) is 3.02. The normalized spacial score (nSPS) is 33.7. The maximum Gasteiger partial charge on any atom is 0.529 e. The molecule has 5 nitrogen and oxygen atoms in total. The van der Waals surface area contributed by atoms with Crippen LogP contribution >= 0.6 is 7.82 Å². The first kappa shape index (κ1) is 27.9. The molecule has 0 aromatic heterocycles. The number of phosphoric ester groups is 1. The molecular formula is C44H37O5P. The van der Waals surface area contributed by atoms with Crippen LogP contribution in [0.3, 0.4) is 0 Å². The van der Waals surface area contributed by atoms with Gasteiger partial charge in [0, 0.05) is 77.9 Å². The quantitative estimate of drug-likeness (QED) is 0.169. The lowest BCUT2D eigenvalue weighted by Crippen LogP contribution is -2.22. The number of benzene rings is 3. The summed E-state index contributed by atoms with van der Waals surface area (Å²) in [6.07, 6.45) is 14.9. The first-order valence-electron chi connectivity index (χ1n) is 18.8. The fourth-order valence-corrected chi connectivity index (χ4v) is 14.0. The van der Waals surface area contributed by atoms with E-state index in [9.17, 15) is 9.67 Å². The Labute approximate surface area is 291 Å². The van der Waals surface area contributed by atoms with Gasteiger partial charge >= 0.3 is 7.82 Å². The molecule has 0 heterocycles. The van der Waals surface area contributed by atoms with E-state index in [0.29, 0.717) is 35.2 Å². The topological polar surface area (TPSA) is 65.0 Å². The van der Waals surface area contributed by atoms with Crippen molar-refractivity contribution in [2.45, 2.75) is 92.3 Å². The Morgan fingerprint density at radius 3 is 1.80 bits per heavy atom. The second kappa shape index (κ2) is 8.97. The van der Waals surface area contributed by atoms with Crippen molar-refractivity contribution in [2.24, 2.45) is 5.92 Å². The standard InChI is InChI=1S/C44H37O5P/c1-47-50(46,48-2)49-44-41-36-17-34(27-13-25-23-12-24(26(25)14-29(27)36)22-10-6-5-9-21(22)23)39(41)43(45)40-35-18-37(42(40)44)30-16-33-31(15-28(30)35)32-11-19-7-3-4-8-20(19)38(32)33/h8-10,13-16,19,23-24,32,34-38,45H,3-4,7,11-12,17-18H2,1-2H3/t19-,23?,24?,32-,34?,35?,36?,37?,38?/m1/s1. The highest BCUT2D eigenvalue weighted by Gasteiger charge is 2.56. The summed E-state index contributed by atoms with van der Waals surface area (Å²) in [5, 5.41) is 12.5. The van der Waals surface area contributed by atoms with E-state index in [-0.39, 0.29) is 23.7 Å². The first-order chi connectivity index (χ1) is 24.5. The van der Waals surface area contributed by atoms with Gasteiger partial charge in [0.1, 0.15) is 11.5 Å². The summed E-state index contributed by atoms with van der Waals surface area (Å²) in [6, 6.07) is 9.98. The summed E-state index contributed by atoms with van der Waals surface area (Å²) in [5.41, 5.74) is 26.3. The lowest BCUT2D eigenvalue weighted by molar-refractivity contribution is 0.209. The van der Waals surface area contributed by atoms with Crippen LogP contribution in [-0.4, -0.2) is 19.3 Å². The second-order valence-corrected chi connectivity index (χ2v) is 18.4. The van der Waals surface area contributed by atoms with Gasteiger partial charge in [-0.25, -0.2) is 4.57 Å². The fraction of sp³-hybridized carbons (Fsp3) is 0.409. The molecule has 0 spiro atoms. The van der Waals surface area contributed by atoms with Crippen molar-refractivity contribution in [1.29, 1.82) is 0 Å². The molecular weight excluding hydrogens is 639 g/mol. The molecule has 7 unspecified atom stereocenters. The average Bonchev–Trinajstić information content (AvgIpc) is 4.01. The molecule has 0 amide bonds. The van der Waals surface area contributed by atoms with Crippen LogP contribution in [0.1, 0.15) is 159 Å². The van der Waals surface area contributed by atoms with Crippen molar-refractivity contribution in [3.05, 3.63) is 137 Å². The van der Waals surface area contributed by atoms with Gasteiger partial charge in [-0.1, -0.05) is 47.4 Å². The molecule has 10 aliphatic rings. The van der Waals surface area contributed by atoms with E-state index in [0.717, 1.165) is 47.4 Å². The molecule has 3 aromatic carbocycles. The Balaban J connectivity index is 0.982. The van der Waals surface area contributed by atoms with E-state index in [1.165, 1.54) is 90.0 Å². The fourth-order valence-electron chi connectivity index (χ4n) is 13.3. The molecule has 3 aromatic rings. The first-order valence-corrected chi connectivity index (χ1v) is 20.2. The Bertz CT molecular complexity index is 2440. The largest absolute Gasteiger partial charge is 0.529 e. The highest BCUT2D eigenvalue weighted by Crippen LogP contribution is 2.73. The van der Waals surface area contributed by atoms with Gasteiger partial charge in [-0.2, -0.15) is 0 Å². The SMILES string of the molecule is COP(=O)(OC)Oc1c2c(c(O)c3c1C1CC3c3cc4c(cc31)C1C3=CCCC[C@@H]3C[C@H]41)C1CC2c2cc3c(cc21)C1CC3C2=C1C=C=C=C2. The van der Waals surface area contributed by atoms with Crippen molar-refractivity contribution in [1.82, 2.24) is 0 Å². The second-order valence-electron chi connectivity index (χ2n) is 16.6. The van der Waals surface area contributed by atoms with E-state index in [2.05, 4.69) is 54.0 Å². The number of fused-ring (bicyclic) bond motifs is 29. The van der Waals surface area contributed by atoms with Crippen LogP contribution in [0.5, 0.6) is 11.5 Å². The van der Waals surface area contributed by atoms with Crippen molar-refractivity contribution in [2.75, 3.05) is 14.2 Å². The van der Waals surface area contributed by atoms with Crippen LogP contribution in [0, 0.1) is 5.92 Å². The van der Waals surface area contributed by atoms with E-state index < -0.39 is 7.82 Å². The molecule has 10 aliphatic carbocycles.